The molecule has 4 heteroatoms. The van der Waals surface area contributed by atoms with E-state index in [0.717, 1.165) is 26.1 Å². The second-order valence-corrected chi connectivity index (χ2v) is 5.81. The Bertz CT molecular complexity index is 358. The molecule has 2 rings (SSSR count). The van der Waals surface area contributed by atoms with Crippen LogP contribution in [0.3, 0.4) is 0 Å². The van der Waals surface area contributed by atoms with Gasteiger partial charge in [-0.3, -0.25) is 4.68 Å². The van der Waals surface area contributed by atoms with E-state index in [0.29, 0.717) is 6.04 Å². The number of hydrogen-bond acceptors (Lipinski definition) is 3. The van der Waals surface area contributed by atoms with Crippen LogP contribution in [0.5, 0.6) is 0 Å². The summed E-state index contributed by atoms with van der Waals surface area (Å²) in [6.45, 7) is 2.84. The van der Waals surface area contributed by atoms with Crippen molar-refractivity contribution in [1.82, 2.24) is 15.1 Å². The van der Waals surface area contributed by atoms with Crippen LogP contribution in [0.4, 0.5) is 0 Å². The minimum absolute atomic E-state index is 0.645. The highest BCUT2D eigenvalue weighted by Gasteiger charge is 2.15. The number of methoxy groups -OCH3 is 1. The summed E-state index contributed by atoms with van der Waals surface area (Å²) in [5, 5.41) is 8.19. The second-order valence-electron chi connectivity index (χ2n) is 5.81. The van der Waals surface area contributed by atoms with Crippen molar-refractivity contribution >= 4 is 0 Å². The van der Waals surface area contributed by atoms with Gasteiger partial charge in [0.05, 0.1) is 11.7 Å². The molecular weight excluding hydrogens is 250 g/mol. The summed E-state index contributed by atoms with van der Waals surface area (Å²) in [5.41, 5.74) is 1.17. The highest BCUT2D eigenvalue weighted by Crippen LogP contribution is 2.27. The fraction of sp³-hybridized carbons (Fsp3) is 0.812. The molecule has 0 bridgehead atoms. The van der Waals surface area contributed by atoms with Crippen LogP contribution in [0.15, 0.2) is 12.3 Å². The van der Waals surface area contributed by atoms with E-state index in [4.69, 9.17) is 9.84 Å². The van der Waals surface area contributed by atoms with Gasteiger partial charge in [-0.1, -0.05) is 19.3 Å². The molecule has 1 aliphatic rings. The first kappa shape index (κ1) is 15.5. The number of nitrogens with one attached hydrogen (secondary N) is 1. The van der Waals surface area contributed by atoms with Crippen LogP contribution >= 0.6 is 0 Å². The minimum atomic E-state index is 0.645. The zero-order valence-electron chi connectivity index (χ0n) is 12.8. The third-order valence-corrected chi connectivity index (χ3v) is 4.12. The summed E-state index contributed by atoms with van der Waals surface area (Å²) in [5.74, 6) is 0. The monoisotopic (exact) mass is 279 g/mol. The third-order valence-electron chi connectivity index (χ3n) is 4.12. The van der Waals surface area contributed by atoms with E-state index in [1.54, 1.807) is 7.11 Å². The number of unbranched alkanes of at least 4 members (excludes halogenated alkanes) is 2. The summed E-state index contributed by atoms with van der Waals surface area (Å²) in [6.07, 6.45) is 12.5. The maximum absolute atomic E-state index is 5.04. The summed E-state index contributed by atoms with van der Waals surface area (Å²) < 4.78 is 7.23. The molecule has 0 aliphatic heterocycles. The van der Waals surface area contributed by atoms with Gasteiger partial charge in [0.2, 0.25) is 0 Å². The lowest BCUT2D eigenvalue weighted by atomic mass is 9.96. The first-order valence-electron chi connectivity index (χ1n) is 8.14. The predicted octanol–water partition coefficient (Wildman–Crippen LogP) is 3.29. The van der Waals surface area contributed by atoms with Crippen molar-refractivity contribution in [1.29, 1.82) is 0 Å². The molecule has 4 nitrogen and oxygen atoms in total. The quantitative estimate of drug-likeness (QED) is 0.705. The Kier molecular flexibility index (Phi) is 7.09. The van der Waals surface area contributed by atoms with E-state index in [1.807, 2.05) is 0 Å². The highest BCUT2D eigenvalue weighted by molar-refractivity contribution is 4.99. The average molecular weight is 279 g/mol. The Morgan fingerprint density at radius 3 is 2.90 bits per heavy atom. The maximum atomic E-state index is 5.04. The summed E-state index contributed by atoms with van der Waals surface area (Å²) in [6, 6.07) is 2.80. The van der Waals surface area contributed by atoms with Crippen LogP contribution in [0.2, 0.25) is 0 Å². The first-order valence-corrected chi connectivity index (χ1v) is 8.14. The van der Waals surface area contributed by atoms with Gasteiger partial charge >= 0.3 is 0 Å². The molecule has 0 radical (unpaired) electrons. The van der Waals surface area contributed by atoms with Gasteiger partial charge in [-0.15, -0.1) is 0 Å². The van der Waals surface area contributed by atoms with Gasteiger partial charge in [-0.25, -0.2) is 0 Å². The Morgan fingerprint density at radius 2 is 2.10 bits per heavy atom. The molecule has 1 aromatic heterocycles. The van der Waals surface area contributed by atoms with Gasteiger partial charge in [0, 0.05) is 26.5 Å². The molecule has 1 fully saturated rings. The molecule has 0 amide bonds. The van der Waals surface area contributed by atoms with Crippen LogP contribution in [-0.2, 0) is 11.3 Å². The molecule has 0 atom stereocenters. The maximum Gasteiger partial charge on any atom is 0.0762 e. The normalized spacial score (nSPS) is 16.6. The fourth-order valence-corrected chi connectivity index (χ4v) is 2.91. The Labute approximate surface area is 122 Å². The van der Waals surface area contributed by atoms with Gasteiger partial charge in [-0.2, -0.15) is 5.10 Å². The largest absolute Gasteiger partial charge is 0.385 e. The molecular formula is C16H29N3O. The van der Waals surface area contributed by atoms with Crippen molar-refractivity contribution in [2.75, 3.05) is 20.3 Å². The van der Waals surface area contributed by atoms with Crippen LogP contribution in [0, 0.1) is 0 Å². The van der Waals surface area contributed by atoms with E-state index in [-0.39, 0.29) is 0 Å². The molecule has 1 N–H and O–H groups in total. The predicted molar refractivity (Wildman–Crippen MR) is 81.8 cm³/mol. The molecule has 0 saturated heterocycles. The summed E-state index contributed by atoms with van der Waals surface area (Å²) in [4.78, 5) is 0. The average Bonchev–Trinajstić information content (AvgIpc) is 2.96. The second kappa shape index (κ2) is 9.14. The Balaban J connectivity index is 1.60. The van der Waals surface area contributed by atoms with Gasteiger partial charge in [0.1, 0.15) is 0 Å². The van der Waals surface area contributed by atoms with Gasteiger partial charge in [-0.05, 0) is 44.7 Å². The van der Waals surface area contributed by atoms with Crippen molar-refractivity contribution in [2.24, 2.45) is 0 Å². The smallest absolute Gasteiger partial charge is 0.0762 e. The van der Waals surface area contributed by atoms with Crippen molar-refractivity contribution in [3.05, 3.63) is 18.0 Å². The Morgan fingerprint density at radius 1 is 1.25 bits per heavy atom. The van der Waals surface area contributed by atoms with E-state index >= 15 is 0 Å². The number of rotatable bonds is 9. The lowest BCUT2D eigenvalue weighted by Crippen LogP contribution is -2.17. The highest BCUT2D eigenvalue weighted by atomic mass is 16.5. The minimum Gasteiger partial charge on any atom is -0.385 e. The van der Waals surface area contributed by atoms with Crippen molar-refractivity contribution in [3.63, 3.8) is 0 Å². The number of hydrogen-bond donors (Lipinski definition) is 1. The lowest BCUT2D eigenvalue weighted by Gasteiger charge is -2.21. The molecule has 114 valence electrons. The molecule has 0 unspecified atom stereocenters. The summed E-state index contributed by atoms with van der Waals surface area (Å²) in [7, 11) is 1.76. The van der Waals surface area contributed by atoms with Gasteiger partial charge in [0.15, 0.2) is 0 Å². The zero-order chi connectivity index (χ0) is 14.0. The van der Waals surface area contributed by atoms with Crippen molar-refractivity contribution in [3.8, 4) is 0 Å². The summed E-state index contributed by atoms with van der Waals surface area (Å²) >= 11 is 0. The molecule has 1 saturated carbocycles. The topological polar surface area (TPSA) is 39.1 Å². The number of nitrogens with zero attached hydrogens (tertiary/aromatic N) is 2. The molecule has 1 heterocycles. The van der Waals surface area contributed by atoms with Gasteiger partial charge < -0.3 is 10.1 Å². The molecule has 0 spiro atoms. The molecule has 1 aromatic rings. The SMILES string of the molecule is COCCCCCNCc1ccn(C2CCCCC2)n1. The van der Waals surface area contributed by atoms with Crippen LogP contribution in [0.1, 0.15) is 63.1 Å². The van der Waals surface area contributed by atoms with E-state index < -0.39 is 0 Å². The van der Waals surface area contributed by atoms with Crippen LogP contribution in [-0.4, -0.2) is 30.0 Å². The molecule has 0 aromatic carbocycles. The lowest BCUT2D eigenvalue weighted by molar-refractivity contribution is 0.192. The fourth-order valence-electron chi connectivity index (χ4n) is 2.91. The van der Waals surface area contributed by atoms with E-state index in [1.165, 1.54) is 50.6 Å². The zero-order valence-corrected chi connectivity index (χ0v) is 12.8. The first-order chi connectivity index (χ1) is 9.90. The molecule has 1 aliphatic carbocycles. The van der Waals surface area contributed by atoms with Gasteiger partial charge in [0.25, 0.3) is 0 Å². The Hall–Kier alpha value is -0.870. The van der Waals surface area contributed by atoms with E-state index in [9.17, 15) is 0 Å². The van der Waals surface area contributed by atoms with E-state index in [2.05, 4.69) is 22.3 Å². The number of aromatic nitrogens is 2. The van der Waals surface area contributed by atoms with Crippen molar-refractivity contribution < 1.29 is 4.74 Å². The number of ether oxygens (including phenoxy) is 1. The third kappa shape index (κ3) is 5.25. The van der Waals surface area contributed by atoms with Crippen LogP contribution < -0.4 is 5.32 Å². The standard InChI is InChI=1S/C16H29N3O/c1-20-13-7-3-6-11-17-14-15-10-12-19(18-15)16-8-4-2-5-9-16/h10,12,16-17H,2-9,11,13-14H2,1H3. The molecule has 20 heavy (non-hydrogen) atoms. The van der Waals surface area contributed by atoms with Crippen molar-refractivity contribution in [2.45, 2.75) is 64.0 Å². The van der Waals surface area contributed by atoms with Crippen LogP contribution in [0.25, 0.3) is 0 Å².